The second kappa shape index (κ2) is 8.97. The molecule has 0 saturated heterocycles. The highest BCUT2D eigenvalue weighted by molar-refractivity contribution is 7.98. The minimum Gasteiger partial charge on any atom is -0.422 e. The van der Waals surface area contributed by atoms with Crippen LogP contribution in [0.25, 0.3) is 0 Å². The maximum Gasteiger partial charge on any atom is 0.364 e. The number of aromatic nitrogens is 2. The summed E-state index contributed by atoms with van der Waals surface area (Å²) in [4.78, 5) is 20.7. The quantitative estimate of drug-likeness (QED) is 0.241. The van der Waals surface area contributed by atoms with Gasteiger partial charge in [0.15, 0.2) is 10.9 Å². The Kier molecular flexibility index (Phi) is 6.42. The fraction of sp³-hybridized carbons (Fsp3) is 0.150. The van der Waals surface area contributed by atoms with Gasteiger partial charge < -0.3 is 4.74 Å². The first-order valence-corrected chi connectivity index (χ1v) is 9.62. The van der Waals surface area contributed by atoms with Crippen molar-refractivity contribution < 1.29 is 13.9 Å². The third-order valence-corrected chi connectivity index (χ3v) is 4.95. The molecule has 0 radical (unpaired) electrons. The van der Waals surface area contributed by atoms with E-state index in [4.69, 9.17) is 16.3 Å². The molecular weight excluding hydrogens is 387 g/mol. The van der Waals surface area contributed by atoms with Crippen LogP contribution in [0.5, 0.6) is 5.75 Å². The Labute approximate surface area is 165 Å². The molecule has 3 aromatic rings. The molecule has 138 valence electrons. The molecule has 0 saturated carbocycles. The van der Waals surface area contributed by atoms with Crippen LogP contribution >= 0.6 is 23.4 Å². The first kappa shape index (κ1) is 19.3. The number of hydrogen-bond acceptors (Lipinski definition) is 5. The van der Waals surface area contributed by atoms with Crippen molar-refractivity contribution in [2.24, 2.45) is 0 Å². The van der Waals surface area contributed by atoms with Gasteiger partial charge in [-0.15, -0.1) is 0 Å². The number of halogens is 2. The van der Waals surface area contributed by atoms with E-state index in [9.17, 15) is 9.18 Å². The highest BCUT2D eigenvalue weighted by Crippen LogP contribution is 2.23. The molecule has 0 amide bonds. The van der Waals surface area contributed by atoms with Gasteiger partial charge in [0.2, 0.25) is 0 Å². The number of ether oxygens (including phenoxy) is 1. The number of nitrogens with zero attached hydrogens (tertiary/aromatic N) is 2. The average Bonchev–Trinajstić information content (AvgIpc) is 2.69. The van der Waals surface area contributed by atoms with Crippen LogP contribution in [0.4, 0.5) is 4.39 Å². The lowest BCUT2D eigenvalue weighted by atomic mass is 10.2. The number of hydrogen-bond donors (Lipinski definition) is 0. The summed E-state index contributed by atoms with van der Waals surface area (Å²) >= 11 is 7.38. The van der Waals surface area contributed by atoms with Crippen LogP contribution in [-0.2, 0) is 12.2 Å². The molecule has 0 aliphatic rings. The van der Waals surface area contributed by atoms with Gasteiger partial charge >= 0.3 is 5.97 Å². The molecule has 7 heteroatoms. The molecule has 3 rings (SSSR count). The molecule has 0 fully saturated rings. The molecule has 0 spiro atoms. The highest BCUT2D eigenvalue weighted by atomic mass is 35.5. The monoisotopic (exact) mass is 402 g/mol. The maximum absolute atomic E-state index is 13.0. The van der Waals surface area contributed by atoms with E-state index in [0.717, 1.165) is 17.5 Å². The van der Waals surface area contributed by atoms with E-state index in [1.165, 1.54) is 30.1 Å². The van der Waals surface area contributed by atoms with E-state index < -0.39 is 5.97 Å². The van der Waals surface area contributed by atoms with Crippen LogP contribution in [-0.4, -0.2) is 15.9 Å². The first-order valence-electron chi connectivity index (χ1n) is 8.26. The Morgan fingerprint density at radius 2 is 1.78 bits per heavy atom. The minimum absolute atomic E-state index is 0.00726. The fourth-order valence-corrected chi connectivity index (χ4v) is 3.18. The summed E-state index contributed by atoms with van der Waals surface area (Å²) in [5, 5.41) is 0.508. The van der Waals surface area contributed by atoms with E-state index in [1.54, 1.807) is 24.3 Å². The Balaban J connectivity index is 1.69. The van der Waals surface area contributed by atoms with Gasteiger partial charge in [-0.05, 0) is 41.8 Å². The number of thioether (sulfide) groups is 1. The van der Waals surface area contributed by atoms with Gasteiger partial charge in [0.05, 0.1) is 11.2 Å². The van der Waals surface area contributed by atoms with Crippen LogP contribution < -0.4 is 4.74 Å². The molecule has 0 aliphatic carbocycles. The standard InChI is InChI=1S/C20H16ClFN2O2S/c1-2-13-5-9-16(10-6-13)26-19(25)18-17(21)11-23-20(24-18)27-12-14-3-7-15(22)8-4-14/h3-11H,2,12H2,1H3. The van der Waals surface area contributed by atoms with Crippen LogP contribution in [0.15, 0.2) is 59.9 Å². The first-order chi connectivity index (χ1) is 13.0. The summed E-state index contributed by atoms with van der Waals surface area (Å²) in [7, 11) is 0. The molecule has 1 heterocycles. The Morgan fingerprint density at radius 1 is 1.11 bits per heavy atom. The van der Waals surface area contributed by atoms with Crippen LogP contribution in [0.3, 0.4) is 0 Å². The predicted octanol–water partition coefficient (Wildman–Crippen LogP) is 5.34. The van der Waals surface area contributed by atoms with Crippen LogP contribution in [0.1, 0.15) is 28.5 Å². The number of carbonyl (C=O) groups excluding carboxylic acids is 1. The van der Waals surface area contributed by atoms with E-state index in [2.05, 4.69) is 9.97 Å². The largest absolute Gasteiger partial charge is 0.422 e. The summed E-state index contributed by atoms with van der Waals surface area (Å²) < 4.78 is 18.3. The molecule has 0 bridgehead atoms. The van der Waals surface area contributed by atoms with Gasteiger partial charge in [-0.25, -0.2) is 19.2 Å². The lowest BCUT2D eigenvalue weighted by Crippen LogP contribution is -2.12. The second-order valence-electron chi connectivity index (χ2n) is 5.65. The van der Waals surface area contributed by atoms with Crippen molar-refractivity contribution in [3.05, 3.63) is 82.4 Å². The zero-order valence-electron chi connectivity index (χ0n) is 14.5. The Morgan fingerprint density at radius 3 is 2.44 bits per heavy atom. The number of carbonyl (C=O) groups is 1. The normalized spacial score (nSPS) is 10.6. The van der Waals surface area contributed by atoms with Crippen molar-refractivity contribution in [3.63, 3.8) is 0 Å². The third-order valence-electron chi connectivity index (χ3n) is 3.74. The molecule has 27 heavy (non-hydrogen) atoms. The van der Waals surface area contributed by atoms with Crippen LogP contribution in [0, 0.1) is 5.82 Å². The SMILES string of the molecule is CCc1ccc(OC(=O)c2nc(SCc3ccc(F)cc3)ncc2Cl)cc1. The van der Waals surface area contributed by atoms with Gasteiger partial charge in [-0.2, -0.15) is 0 Å². The smallest absolute Gasteiger partial charge is 0.364 e. The van der Waals surface area contributed by atoms with Gasteiger partial charge in [-0.1, -0.05) is 54.6 Å². The summed E-state index contributed by atoms with van der Waals surface area (Å²) in [6.07, 6.45) is 2.28. The molecule has 4 nitrogen and oxygen atoms in total. The molecule has 1 aromatic heterocycles. The topological polar surface area (TPSA) is 52.1 Å². The predicted molar refractivity (Wildman–Crippen MR) is 104 cm³/mol. The van der Waals surface area contributed by atoms with Gasteiger partial charge in [0.1, 0.15) is 11.6 Å². The molecular formula is C20H16ClFN2O2S. The lowest BCUT2D eigenvalue weighted by Gasteiger charge is -2.07. The number of rotatable bonds is 6. The third kappa shape index (κ3) is 5.28. The Hall–Kier alpha value is -2.44. The van der Waals surface area contributed by atoms with Gasteiger partial charge in [-0.3, -0.25) is 0 Å². The maximum atomic E-state index is 13.0. The van der Waals surface area contributed by atoms with Crippen molar-refractivity contribution in [3.8, 4) is 5.75 Å². The number of benzene rings is 2. The van der Waals surface area contributed by atoms with Gasteiger partial charge in [0.25, 0.3) is 0 Å². The van der Waals surface area contributed by atoms with Crippen LogP contribution in [0.2, 0.25) is 5.02 Å². The van der Waals surface area contributed by atoms with Crippen molar-refractivity contribution >= 4 is 29.3 Å². The van der Waals surface area contributed by atoms with E-state index in [0.29, 0.717) is 16.7 Å². The average molecular weight is 403 g/mol. The molecule has 0 atom stereocenters. The van der Waals surface area contributed by atoms with Crippen molar-refractivity contribution in [2.75, 3.05) is 0 Å². The van der Waals surface area contributed by atoms with E-state index >= 15 is 0 Å². The molecule has 0 aliphatic heterocycles. The molecule has 0 unspecified atom stereocenters. The summed E-state index contributed by atoms with van der Waals surface area (Å²) in [6, 6.07) is 13.4. The van der Waals surface area contributed by atoms with Crippen molar-refractivity contribution in [2.45, 2.75) is 24.3 Å². The molecule has 0 N–H and O–H groups in total. The minimum atomic E-state index is -0.643. The van der Waals surface area contributed by atoms with Crippen molar-refractivity contribution in [1.29, 1.82) is 0 Å². The summed E-state index contributed by atoms with van der Waals surface area (Å²) in [6.45, 7) is 2.05. The fourth-order valence-electron chi connectivity index (χ4n) is 2.24. The van der Waals surface area contributed by atoms with Gasteiger partial charge in [0, 0.05) is 5.75 Å². The van der Waals surface area contributed by atoms with E-state index in [-0.39, 0.29) is 16.5 Å². The zero-order valence-corrected chi connectivity index (χ0v) is 16.1. The second-order valence-corrected chi connectivity index (χ2v) is 7.00. The summed E-state index contributed by atoms with van der Waals surface area (Å²) in [5.41, 5.74) is 2.07. The zero-order chi connectivity index (χ0) is 19.2. The molecule has 2 aromatic carbocycles. The van der Waals surface area contributed by atoms with Crippen molar-refractivity contribution in [1.82, 2.24) is 9.97 Å². The summed E-state index contributed by atoms with van der Waals surface area (Å²) in [5.74, 6) is 0.0284. The Bertz CT molecular complexity index is 934. The lowest BCUT2D eigenvalue weighted by molar-refractivity contribution is 0.0727. The number of aryl methyl sites for hydroxylation is 1. The highest BCUT2D eigenvalue weighted by Gasteiger charge is 2.17. The number of esters is 1. The van der Waals surface area contributed by atoms with E-state index in [1.807, 2.05) is 19.1 Å².